The summed E-state index contributed by atoms with van der Waals surface area (Å²) >= 11 is 5.75. The summed E-state index contributed by atoms with van der Waals surface area (Å²) in [5.74, 6) is 0. The summed E-state index contributed by atoms with van der Waals surface area (Å²) in [6.45, 7) is 3.58. The Kier molecular flexibility index (Phi) is 4.71. The Morgan fingerprint density at radius 2 is 1.82 bits per heavy atom. The molecule has 0 aromatic heterocycles. The molecule has 0 heterocycles. The maximum Gasteiger partial charge on any atom is 0.183 e. The minimum absolute atomic E-state index is 0.211. The third kappa shape index (κ3) is 3.07. The molecule has 2 unspecified atom stereocenters. The van der Waals surface area contributed by atoms with Gasteiger partial charge in [0.1, 0.15) is 11.7 Å². The van der Waals surface area contributed by atoms with Gasteiger partial charge in [0.05, 0.1) is 10.1 Å². The number of rotatable bonds is 5. The molecule has 1 aromatic rings. The van der Waals surface area contributed by atoms with E-state index in [9.17, 15) is 13.2 Å². The van der Waals surface area contributed by atoms with Crippen molar-refractivity contribution < 1.29 is 13.2 Å². The third-order valence-electron chi connectivity index (χ3n) is 2.64. The number of aryl methyl sites for hydroxylation is 1. The lowest BCUT2D eigenvalue weighted by atomic mass is 10.2. The highest BCUT2D eigenvalue weighted by Gasteiger charge is 2.31. The Bertz CT molecular complexity index is 479. The second kappa shape index (κ2) is 5.65. The molecule has 0 bridgehead atoms. The predicted molar refractivity (Wildman–Crippen MR) is 68.1 cm³/mol. The average Bonchev–Trinajstić information content (AvgIpc) is 2.29. The first-order chi connectivity index (χ1) is 7.93. The maximum absolute atomic E-state index is 12.2. The van der Waals surface area contributed by atoms with Crippen LogP contribution in [0, 0.1) is 6.92 Å². The van der Waals surface area contributed by atoms with Crippen molar-refractivity contribution in [1.29, 1.82) is 0 Å². The molecule has 94 valence electrons. The fourth-order valence-corrected chi connectivity index (χ4v) is 3.90. The summed E-state index contributed by atoms with van der Waals surface area (Å²) in [4.78, 5) is 10.9. The number of halogens is 1. The molecule has 0 fully saturated rings. The van der Waals surface area contributed by atoms with Gasteiger partial charge in [-0.2, -0.15) is 0 Å². The second-order valence-corrected chi connectivity index (χ2v) is 6.56. The van der Waals surface area contributed by atoms with Crippen molar-refractivity contribution in [3.63, 3.8) is 0 Å². The smallest absolute Gasteiger partial charge is 0.183 e. The van der Waals surface area contributed by atoms with Gasteiger partial charge in [0.2, 0.25) is 0 Å². The molecule has 17 heavy (non-hydrogen) atoms. The molecule has 1 aromatic carbocycles. The van der Waals surface area contributed by atoms with E-state index in [1.807, 2.05) is 6.92 Å². The Balaban J connectivity index is 3.17. The quantitative estimate of drug-likeness (QED) is 0.612. The molecule has 0 aliphatic heterocycles. The molecule has 0 aliphatic rings. The number of benzene rings is 1. The molecule has 0 saturated heterocycles. The summed E-state index contributed by atoms with van der Waals surface area (Å²) in [5.41, 5.74) is 0.981. The fourth-order valence-electron chi connectivity index (χ4n) is 1.61. The summed E-state index contributed by atoms with van der Waals surface area (Å²) in [6, 6.07) is 6.54. The van der Waals surface area contributed by atoms with Crippen LogP contribution in [0.15, 0.2) is 29.2 Å². The number of hydrogen-bond donors (Lipinski definition) is 0. The Hall–Kier alpha value is -0.870. The van der Waals surface area contributed by atoms with Crippen molar-refractivity contribution in [2.24, 2.45) is 0 Å². The third-order valence-corrected chi connectivity index (χ3v) is 5.54. The van der Waals surface area contributed by atoms with Gasteiger partial charge in [-0.1, -0.05) is 24.6 Å². The summed E-state index contributed by atoms with van der Waals surface area (Å²) in [5, 5.41) is -1.88. The molecule has 0 N–H and O–H groups in total. The van der Waals surface area contributed by atoms with Crippen LogP contribution in [0.2, 0.25) is 0 Å². The number of alkyl halides is 1. The summed E-state index contributed by atoms with van der Waals surface area (Å²) < 4.78 is 24.5. The van der Waals surface area contributed by atoms with Crippen molar-refractivity contribution in [3.05, 3.63) is 29.8 Å². The van der Waals surface area contributed by atoms with Crippen LogP contribution in [-0.2, 0) is 14.6 Å². The zero-order chi connectivity index (χ0) is 13.1. The first kappa shape index (κ1) is 14.2. The van der Waals surface area contributed by atoms with Crippen molar-refractivity contribution >= 4 is 27.7 Å². The molecular formula is C12H15ClO3S. The Labute approximate surface area is 107 Å². The number of hydrogen-bond acceptors (Lipinski definition) is 3. The van der Waals surface area contributed by atoms with E-state index < -0.39 is 20.5 Å². The van der Waals surface area contributed by atoms with Gasteiger partial charge in [-0.25, -0.2) is 8.42 Å². The predicted octanol–water partition coefficient (Wildman–Crippen LogP) is 2.35. The monoisotopic (exact) mass is 274 g/mol. The fraction of sp³-hybridized carbons (Fsp3) is 0.417. The van der Waals surface area contributed by atoms with E-state index in [1.165, 1.54) is 0 Å². The van der Waals surface area contributed by atoms with Gasteiger partial charge >= 0.3 is 0 Å². The Morgan fingerprint density at radius 3 is 2.24 bits per heavy atom. The van der Waals surface area contributed by atoms with Gasteiger partial charge in [-0.05, 0) is 25.5 Å². The molecule has 3 nitrogen and oxygen atoms in total. The Morgan fingerprint density at radius 1 is 1.29 bits per heavy atom. The van der Waals surface area contributed by atoms with E-state index in [4.69, 9.17) is 11.6 Å². The molecule has 0 spiro atoms. The molecule has 0 radical (unpaired) electrons. The van der Waals surface area contributed by atoms with E-state index in [1.54, 1.807) is 31.2 Å². The zero-order valence-electron chi connectivity index (χ0n) is 9.76. The van der Waals surface area contributed by atoms with Crippen LogP contribution in [0.4, 0.5) is 0 Å². The van der Waals surface area contributed by atoms with Gasteiger partial charge in [-0.3, -0.25) is 0 Å². The van der Waals surface area contributed by atoms with E-state index in [2.05, 4.69) is 0 Å². The van der Waals surface area contributed by atoms with Gasteiger partial charge < -0.3 is 4.79 Å². The van der Waals surface area contributed by atoms with Crippen molar-refractivity contribution in [2.75, 3.05) is 0 Å². The first-order valence-electron chi connectivity index (χ1n) is 5.33. The minimum Gasteiger partial charge on any atom is -0.302 e. The van der Waals surface area contributed by atoms with E-state index in [-0.39, 0.29) is 4.90 Å². The van der Waals surface area contributed by atoms with Crippen molar-refractivity contribution in [3.8, 4) is 0 Å². The molecule has 0 amide bonds. The normalized spacial score (nSPS) is 15.2. The topological polar surface area (TPSA) is 51.2 Å². The van der Waals surface area contributed by atoms with Gasteiger partial charge in [0.15, 0.2) is 9.84 Å². The van der Waals surface area contributed by atoms with Crippen LogP contribution in [-0.4, -0.2) is 25.3 Å². The molecule has 5 heteroatoms. The van der Waals surface area contributed by atoms with E-state index in [0.29, 0.717) is 12.7 Å². The number of carbonyl (C=O) groups is 1. The van der Waals surface area contributed by atoms with Crippen molar-refractivity contribution in [2.45, 2.75) is 35.8 Å². The molecule has 0 aliphatic carbocycles. The summed E-state index contributed by atoms with van der Waals surface area (Å²) in [6.07, 6.45) is 0.782. The first-order valence-corrected chi connectivity index (χ1v) is 7.31. The SMILES string of the molecule is CCC(C(Cl)C=O)S(=O)(=O)c1ccc(C)cc1. The van der Waals surface area contributed by atoms with Gasteiger partial charge in [0, 0.05) is 0 Å². The molecule has 0 saturated carbocycles. The largest absolute Gasteiger partial charge is 0.302 e. The lowest BCUT2D eigenvalue weighted by molar-refractivity contribution is -0.107. The molecular weight excluding hydrogens is 260 g/mol. The van der Waals surface area contributed by atoms with Crippen LogP contribution in [0.3, 0.4) is 0 Å². The van der Waals surface area contributed by atoms with Gasteiger partial charge in [-0.15, -0.1) is 11.6 Å². The number of carbonyl (C=O) groups excluding carboxylic acids is 1. The molecule has 2 atom stereocenters. The van der Waals surface area contributed by atoms with Crippen LogP contribution >= 0.6 is 11.6 Å². The minimum atomic E-state index is -3.54. The van der Waals surface area contributed by atoms with Gasteiger partial charge in [0.25, 0.3) is 0 Å². The van der Waals surface area contributed by atoms with E-state index in [0.717, 1.165) is 5.56 Å². The lowest BCUT2D eigenvalue weighted by Crippen LogP contribution is -2.31. The average molecular weight is 275 g/mol. The lowest BCUT2D eigenvalue weighted by Gasteiger charge is -2.17. The highest BCUT2D eigenvalue weighted by atomic mass is 35.5. The van der Waals surface area contributed by atoms with Crippen LogP contribution in [0.5, 0.6) is 0 Å². The maximum atomic E-state index is 12.2. The van der Waals surface area contributed by atoms with Crippen LogP contribution in [0.1, 0.15) is 18.9 Å². The van der Waals surface area contributed by atoms with Crippen LogP contribution in [0.25, 0.3) is 0 Å². The number of sulfone groups is 1. The highest BCUT2D eigenvalue weighted by Crippen LogP contribution is 2.23. The zero-order valence-corrected chi connectivity index (χ0v) is 11.3. The van der Waals surface area contributed by atoms with Crippen LogP contribution < -0.4 is 0 Å². The standard InChI is InChI=1S/C12H15ClO3S/c1-3-12(11(13)8-14)17(15,16)10-6-4-9(2)5-7-10/h4-8,11-12H,3H2,1-2H3. The van der Waals surface area contributed by atoms with Crippen molar-refractivity contribution in [1.82, 2.24) is 0 Å². The highest BCUT2D eigenvalue weighted by molar-refractivity contribution is 7.92. The summed E-state index contributed by atoms with van der Waals surface area (Å²) in [7, 11) is -3.54. The van der Waals surface area contributed by atoms with E-state index >= 15 is 0 Å². The number of aldehydes is 1. The second-order valence-electron chi connectivity index (χ2n) is 3.89. The molecule has 1 rings (SSSR count).